The lowest BCUT2D eigenvalue weighted by Gasteiger charge is -2.08. The smallest absolute Gasteiger partial charge is 0.274 e. The van der Waals surface area contributed by atoms with Crippen LogP contribution in [0.4, 0.5) is 0 Å². The van der Waals surface area contributed by atoms with Crippen molar-refractivity contribution in [1.29, 1.82) is 0 Å². The zero-order valence-corrected chi connectivity index (χ0v) is 9.23. The number of rotatable bonds is 4. The average molecular weight is 225 g/mol. The van der Waals surface area contributed by atoms with Crippen LogP contribution in [0.1, 0.15) is 24.2 Å². The van der Waals surface area contributed by atoms with E-state index in [2.05, 4.69) is 5.48 Å². The lowest BCUT2D eigenvalue weighted by Crippen LogP contribution is -2.25. The van der Waals surface area contributed by atoms with Gasteiger partial charge < -0.3 is 10.2 Å². The van der Waals surface area contributed by atoms with E-state index in [1.165, 1.54) is 18.2 Å². The Hall–Kier alpha value is -1.75. The summed E-state index contributed by atoms with van der Waals surface area (Å²) in [5.74, 6) is -0.749. The predicted molar refractivity (Wildman–Crippen MR) is 58.0 cm³/mol. The quantitative estimate of drug-likeness (QED) is 0.534. The zero-order valence-electron chi connectivity index (χ0n) is 9.23. The lowest BCUT2D eigenvalue weighted by molar-refractivity contribution is 0.0208. The fourth-order valence-corrected chi connectivity index (χ4v) is 0.997. The summed E-state index contributed by atoms with van der Waals surface area (Å²) in [7, 11) is 0. The molecule has 0 bridgehead atoms. The molecule has 1 aromatic rings. The van der Waals surface area contributed by atoms with Crippen LogP contribution in [0.5, 0.6) is 11.5 Å². The number of amides is 1. The van der Waals surface area contributed by atoms with Crippen molar-refractivity contribution < 1.29 is 19.8 Å². The van der Waals surface area contributed by atoms with Crippen molar-refractivity contribution in [3.05, 3.63) is 23.8 Å². The van der Waals surface area contributed by atoms with Gasteiger partial charge in [-0.1, -0.05) is 13.8 Å². The number of phenolic OH excluding ortho intramolecular Hbond substituents is 2. The maximum Gasteiger partial charge on any atom is 0.274 e. The Kier molecular flexibility index (Phi) is 4.13. The molecule has 0 saturated carbocycles. The maximum atomic E-state index is 11.5. The van der Waals surface area contributed by atoms with Gasteiger partial charge in [-0.2, -0.15) is 0 Å². The number of hydrogen-bond acceptors (Lipinski definition) is 4. The van der Waals surface area contributed by atoms with Crippen LogP contribution >= 0.6 is 0 Å². The Morgan fingerprint density at radius 1 is 1.38 bits per heavy atom. The van der Waals surface area contributed by atoms with Crippen LogP contribution in [0.25, 0.3) is 0 Å². The van der Waals surface area contributed by atoms with Crippen LogP contribution in [-0.4, -0.2) is 22.7 Å². The molecule has 1 aromatic carbocycles. The Morgan fingerprint density at radius 3 is 2.62 bits per heavy atom. The second kappa shape index (κ2) is 5.37. The molecule has 0 fully saturated rings. The number of benzene rings is 1. The van der Waals surface area contributed by atoms with Crippen molar-refractivity contribution in [2.75, 3.05) is 6.61 Å². The molecule has 0 aliphatic heterocycles. The van der Waals surface area contributed by atoms with Crippen LogP contribution in [-0.2, 0) is 4.84 Å². The van der Waals surface area contributed by atoms with E-state index < -0.39 is 5.91 Å². The Balaban J connectivity index is 2.56. The van der Waals surface area contributed by atoms with Gasteiger partial charge in [0.25, 0.3) is 5.91 Å². The summed E-state index contributed by atoms with van der Waals surface area (Å²) in [6, 6.07) is 3.80. The van der Waals surface area contributed by atoms with Gasteiger partial charge in [0.05, 0.1) is 6.61 Å². The second-order valence-corrected chi connectivity index (χ2v) is 3.84. The minimum Gasteiger partial charge on any atom is -0.504 e. The normalized spacial score (nSPS) is 10.4. The molecule has 88 valence electrons. The molecule has 16 heavy (non-hydrogen) atoms. The number of phenols is 2. The first-order valence-corrected chi connectivity index (χ1v) is 4.95. The van der Waals surface area contributed by atoms with Crippen LogP contribution < -0.4 is 5.48 Å². The summed E-state index contributed by atoms with van der Waals surface area (Å²) in [6.45, 7) is 4.33. The van der Waals surface area contributed by atoms with Gasteiger partial charge >= 0.3 is 0 Å². The summed E-state index contributed by atoms with van der Waals surface area (Å²) in [5.41, 5.74) is 2.47. The number of carbonyl (C=O) groups excluding carboxylic acids is 1. The minimum atomic E-state index is -0.462. The van der Waals surface area contributed by atoms with Crippen LogP contribution in [0.15, 0.2) is 18.2 Å². The third kappa shape index (κ3) is 3.43. The summed E-state index contributed by atoms with van der Waals surface area (Å²) in [4.78, 5) is 16.4. The Morgan fingerprint density at radius 2 is 2.06 bits per heavy atom. The Bertz CT molecular complexity index is 376. The van der Waals surface area contributed by atoms with E-state index >= 15 is 0 Å². The summed E-state index contributed by atoms with van der Waals surface area (Å²) >= 11 is 0. The third-order valence-corrected chi connectivity index (χ3v) is 1.82. The van der Waals surface area contributed by atoms with Crippen molar-refractivity contribution >= 4 is 5.91 Å². The summed E-state index contributed by atoms with van der Waals surface area (Å²) < 4.78 is 0. The lowest BCUT2D eigenvalue weighted by atomic mass is 10.2. The maximum absolute atomic E-state index is 11.5. The number of hydrogen-bond donors (Lipinski definition) is 3. The van der Waals surface area contributed by atoms with Crippen LogP contribution in [0.2, 0.25) is 0 Å². The minimum absolute atomic E-state index is 0.221. The first-order valence-electron chi connectivity index (χ1n) is 4.95. The van der Waals surface area contributed by atoms with E-state index in [4.69, 9.17) is 9.94 Å². The second-order valence-electron chi connectivity index (χ2n) is 3.84. The van der Waals surface area contributed by atoms with E-state index in [-0.39, 0.29) is 17.1 Å². The first-order chi connectivity index (χ1) is 7.50. The molecular formula is C11H15NO4. The molecule has 0 aliphatic rings. The highest BCUT2D eigenvalue weighted by Crippen LogP contribution is 2.24. The highest BCUT2D eigenvalue weighted by atomic mass is 16.6. The van der Waals surface area contributed by atoms with E-state index in [1.54, 1.807) is 0 Å². The molecule has 0 spiro atoms. The van der Waals surface area contributed by atoms with Crippen molar-refractivity contribution in [2.24, 2.45) is 5.92 Å². The summed E-state index contributed by atoms with van der Waals surface area (Å²) in [6.07, 6.45) is 0. The standard InChI is InChI=1S/C11H15NO4/c1-7(2)6-16-12-11(15)8-3-4-9(13)10(14)5-8/h3-5,7,13-14H,6H2,1-2H3,(H,12,15). The predicted octanol–water partition coefficient (Wildman–Crippen LogP) is 1.42. The van der Waals surface area contributed by atoms with Gasteiger partial charge in [-0.3, -0.25) is 9.63 Å². The van der Waals surface area contributed by atoms with Gasteiger partial charge in [0.15, 0.2) is 11.5 Å². The molecule has 0 unspecified atom stereocenters. The van der Waals surface area contributed by atoms with Crippen molar-refractivity contribution in [3.63, 3.8) is 0 Å². The van der Waals surface area contributed by atoms with E-state index in [1.807, 2.05) is 13.8 Å². The number of carbonyl (C=O) groups is 1. The number of nitrogens with one attached hydrogen (secondary N) is 1. The monoisotopic (exact) mass is 225 g/mol. The molecular weight excluding hydrogens is 210 g/mol. The molecule has 0 radical (unpaired) electrons. The average Bonchev–Trinajstić information content (AvgIpc) is 2.21. The molecule has 0 heterocycles. The van der Waals surface area contributed by atoms with E-state index in [0.717, 1.165) is 0 Å². The largest absolute Gasteiger partial charge is 0.504 e. The third-order valence-electron chi connectivity index (χ3n) is 1.82. The molecule has 0 atom stereocenters. The van der Waals surface area contributed by atoms with E-state index in [0.29, 0.717) is 12.5 Å². The first kappa shape index (κ1) is 12.3. The topological polar surface area (TPSA) is 78.8 Å². The highest BCUT2D eigenvalue weighted by molar-refractivity contribution is 5.94. The van der Waals surface area contributed by atoms with Crippen LogP contribution in [0.3, 0.4) is 0 Å². The van der Waals surface area contributed by atoms with Gasteiger partial charge in [-0.15, -0.1) is 0 Å². The molecule has 3 N–H and O–H groups in total. The molecule has 0 aromatic heterocycles. The fraction of sp³-hybridized carbons (Fsp3) is 0.364. The molecule has 0 saturated heterocycles. The highest BCUT2D eigenvalue weighted by Gasteiger charge is 2.08. The van der Waals surface area contributed by atoms with Gasteiger partial charge in [0, 0.05) is 5.56 Å². The van der Waals surface area contributed by atoms with Crippen molar-refractivity contribution in [1.82, 2.24) is 5.48 Å². The molecule has 5 nitrogen and oxygen atoms in total. The molecule has 0 aliphatic carbocycles. The molecule has 5 heteroatoms. The number of hydroxylamine groups is 1. The fourth-order valence-electron chi connectivity index (χ4n) is 0.997. The molecule has 1 amide bonds. The zero-order chi connectivity index (χ0) is 12.1. The van der Waals surface area contributed by atoms with E-state index in [9.17, 15) is 9.90 Å². The van der Waals surface area contributed by atoms with Gasteiger partial charge in [-0.05, 0) is 24.1 Å². The van der Waals surface area contributed by atoms with Crippen molar-refractivity contribution in [3.8, 4) is 11.5 Å². The van der Waals surface area contributed by atoms with Gasteiger partial charge in [0.2, 0.25) is 0 Å². The van der Waals surface area contributed by atoms with Gasteiger partial charge in [-0.25, -0.2) is 5.48 Å². The van der Waals surface area contributed by atoms with Crippen LogP contribution in [0, 0.1) is 5.92 Å². The Labute approximate surface area is 93.6 Å². The van der Waals surface area contributed by atoms with Crippen molar-refractivity contribution in [2.45, 2.75) is 13.8 Å². The van der Waals surface area contributed by atoms with Gasteiger partial charge in [0.1, 0.15) is 0 Å². The summed E-state index contributed by atoms with van der Waals surface area (Å²) in [5, 5.41) is 18.3. The SMILES string of the molecule is CC(C)CONC(=O)c1ccc(O)c(O)c1. The molecule has 1 rings (SSSR count). The number of aromatic hydroxyl groups is 2.